The van der Waals surface area contributed by atoms with E-state index in [1.54, 1.807) is 10.7 Å². The first-order valence-electron chi connectivity index (χ1n) is 9.58. The van der Waals surface area contributed by atoms with Gasteiger partial charge in [-0.15, -0.1) is 0 Å². The summed E-state index contributed by atoms with van der Waals surface area (Å²) in [5.41, 5.74) is 7.06. The van der Waals surface area contributed by atoms with Crippen LogP contribution < -0.4 is 5.73 Å². The van der Waals surface area contributed by atoms with Crippen LogP contribution in [0.15, 0.2) is 28.9 Å². The summed E-state index contributed by atoms with van der Waals surface area (Å²) in [6.07, 6.45) is 0.874. The van der Waals surface area contributed by atoms with Crippen LogP contribution in [0.2, 0.25) is 0 Å². The molecule has 1 aliphatic carbocycles. The average Bonchev–Trinajstić information content (AvgIpc) is 3.01. The van der Waals surface area contributed by atoms with E-state index in [1.807, 2.05) is 27.7 Å². The van der Waals surface area contributed by atoms with Crippen LogP contribution in [0.3, 0.4) is 0 Å². The number of hydrogen-bond donors (Lipinski definition) is 1. The Morgan fingerprint density at radius 3 is 2.76 bits per heavy atom. The Labute approximate surface area is 169 Å². The maximum Gasteiger partial charge on any atom is 0.358 e. The van der Waals surface area contributed by atoms with Crippen LogP contribution in [-0.2, 0) is 20.8 Å². The van der Waals surface area contributed by atoms with Crippen molar-refractivity contribution < 1.29 is 19.1 Å². The fourth-order valence-corrected chi connectivity index (χ4v) is 3.94. The molecule has 0 saturated heterocycles. The van der Waals surface area contributed by atoms with Crippen molar-refractivity contribution in [2.75, 3.05) is 7.11 Å². The number of carbonyl (C=O) groups excluding carboxylic acids is 2. The second kappa shape index (κ2) is 7.39. The van der Waals surface area contributed by atoms with E-state index in [0.29, 0.717) is 36.4 Å². The largest absolute Gasteiger partial charge is 0.464 e. The summed E-state index contributed by atoms with van der Waals surface area (Å²) in [5, 5.41) is 14.2. The molecule has 0 radical (unpaired) electrons. The Morgan fingerprint density at radius 2 is 2.17 bits per heavy atom. The third kappa shape index (κ3) is 3.77. The zero-order chi connectivity index (χ0) is 21.5. The number of nitrogens with zero attached hydrogens (tertiary/aromatic N) is 3. The number of rotatable bonds is 4. The lowest BCUT2D eigenvalue weighted by Gasteiger charge is -2.37. The fraction of sp³-hybridized carbons (Fsp3) is 0.524. The highest BCUT2D eigenvalue weighted by Gasteiger charge is 2.44. The minimum atomic E-state index is -0.725. The Hall–Kier alpha value is -3.08. The summed E-state index contributed by atoms with van der Waals surface area (Å²) in [6.45, 7) is 8.52. The van der Waals surface area contributed by atoms with E-state index < -0.39 is 11.9 Å². The van der Waals surface area contributed by atoms with E-state index in [0.717, 1.165) is 0 Å². The molecule has 8 heteroatoms. The quantitative estimate of drug-likeness (QED) is 0.774. The lowest BCUT2D eigenvalue weighted by atomic mass is 9.71. The summed E-state index contributed by atoms with van der Waals surface area (Å²) in [6, 6.07) is 3.67. The minimum absolute atomic E-state index is 0.0151. The highest BCUT2D eigenvalue weighted by atomic mass is 16.5. The molecule has 0 aromatic carbocycles. The van der Waals surface area contributed by atoms with Crippen molar-refractivity contribution in [1.82, 2.24) is 9.78 Å². The number of ketones is 1. The van der Waals surface area contributed by atoms with Gasteiger partial charge in [0.25, 0.3) is 0 Å². The van der Waals surface area contributed by atoms with Crippen molar-refractivity contribution in [2.24, 2.45) is 17.1 Å². The molecule has 2 N–H and O–H groups in total. The Morgan fingerprint density at radius 1 is 1.48 bits per heavy atom. The molecule has 8 nitrogen and oxygen atoms in total. The van der Waals surface area contributed by atoms with E-state index in [1.165, 1.54) is 7.11 Å². The van der Waals surface area contributed by atoms with Crippen LogP contribution in [0, 0.1) is 22.7 Å². The van der Waals surface area contributed by atoms with E-state index in [-0.39, 0.29) is 34.3 Å². The van der Waals surface area contributed by atoms with Crippen molar-refractivity contribution in [3.8, 4) is 6.07 Å². The first-order valence-corrected chi connectivity index (χ1v) is 9.58. The lowest BCUT2D eigenvalue weighted by Crippen LogP contribution is -2.34. The number of carbonyl (C=O) groups is 2. The monoisotopic (exact) mass is 398 g/mol. The molecule has 0 amide bonds. The number of Topliss-reactive ketones (excluding diaryl/α,β-unsaturated/α-hetero) is 1. The molecule has 29 heavy (non-hydrogen) atoms. The Kier molecular flexibility index (Phi) is 5.26. The van der Waals surface area contributed by atoms with Crippen LogP contribution in [0.5, 0.6) is 0 Å². The van der Waals surface area contributed by atoms with Gasteiger partial charge in [0.2, 0.25) is 5.88 Å². The van der Waals surface area contributed by atoms with Crippen LogP contribution >= 0.6 is 0 Å². The molecule has 1 aliphatic heterocycles. The summed E-state index contributed by atoms with van der Waals surface area (Å²) in [5.74, 6) is -0.694. The fourth-order valence-electron chi connectivity index (χ4n) is 3.94. The topological polar surface area (TPSA) is 120 Å². The summed E-state index contributed by atoms with van der Waals surface area (Å²) in [7, 11) is 1.28. The first-order chi connectivity index (χ1) is 13.6. The summed E-state index contributed by atoms with van der Waals surface area (Å²) in [4.78, 5) is 25.2. The SMILES string of the molecule is COC(=O)c1cc([C@H]2C(C#N)=C(N)OC3=C2C(=O)CC(C)(C)C3)n(CC(C)C)n1. The van der Waals surface area contributed by atoms with Crippen molar-refractivity contribution in [1.29, 1.82) is 5.26 Å². The smallest absolute Gasteiger partial charge is 0.358 e. The number of nitrogens with two attached hydrogens (primary N) is 1. The van der Waals surface area contributed by atoms with Crippen molar-refractivity contribution in [3.63, 3.8) is 0 Å². The maximum atomic E-state index is 13.1. The molecule has 1 atom stereocenters. The molecule has 3 rings (SSSR count). The number of aromatic nitrogens is 2. The number of methoxy groups -OCH3 is 1. The number of allylic oxidation sites excluding steroid dienone is 3. The number of hydrogen-bond acceptors (Lipinski definition) is 7. The predicted molar refractivity (Wildman–Crippen MR) is 104 cm³/mol. The molecule has 154 valence electrons. The highest BCUT2D eigenvalue weighted by Crippen LogP contribution is 2.48. The second-order valence-corrected chi connectivity index (χ2v) is 8.72. The zero-order valence-corrected chi connectivity index (χ0v) is 17.4. The molecular formula is C21H26N4O4. The van der Waals surface area contributed by atoms with Crippen LogP contribution in [-0.4, -0.2) is 28.6 Å². The van der Waals surface area contributed by atoms with Crippen LogP contribution in [0.1, 0.15) is 62.6 Å². The zero-order valence-electron chi connectivity index (χ0n) is 17.4. The minimum Gasteiger partial charge on any atom is -0.464 e. The molecule has 0 saturated carbocycles. The van der Waals surface area contributed by atoms with Gasteiger partial charge in [0.15, 0.2) is 11.5 Å². The standard InChI is InChI=1S/C21H26N4O4/c1-11(2)10-25-14(6-13(24-25)20(27)28-5)17-12(9-22)19(23)29-16-8-21(3,4)7-15(26)18(16)17/h6,11,17H,7-8,10,23H2,1-5H3/t17-/m1/s1. The van der Waals surface area contributed by atoms with E-state index >= 15 is 0 Å². The summed E-state index contributed by atoms with van der Waals surface area (Å²) < 4.78 is 12.2. The Bertz CT molecular complexity index is 975. The third-order valence-corrected chi connectivity index (χ3v) is 5.11. The van der Waals surface area contributed by atoms with E-state index in [2.05, 4.69) is 11.2 Å². The third-order valence-electron chi connectivity index (χ3n) is 5.11. The van der Waals surface area contributed by atoms with Gasteiger partial charge in [-0.1, -0.05) is 27.7 Å². The molecule has 2 aliphatic rings. The number of ether oxygens (including phenoxy) is 2. The predicted octanol–water partition coefficient (Wildman–Crippen LogP) is 2.78. The normalized spacial score (nSPS) is 21.0. The Balaban J connectivity index is 2.23. The number of nitriles is 1. The van der Waals surface area contributed by atoms with Gasteiger partial charge in [0.05, 0.1) is 18.7 Å². The van der Waals surface area contributed by atoms with Gasteiger partial charge in [-0.2, -0.15) is 10.4 Å². The lowest BCUT2D eigenvalue weighted by molar-refractivity contribution is -0.119. The molecular weight excluding hydrogens is 372 g/mol. The van der Waals surface area contributed by atoms with Gasteiger partial charge >= 0.3 is 5.97 Å². The van der Waals surface area contributed by atoms with Gasteiger partial charge in [-0.25, -0.2) is 4.79 Å². The second-order valence-electron chi connectivity index (χ2n) is 8.72. The summed E-state index contributed by atoms with van der Waals surface area (Å²) >= 11 is 0. The van der Waals surface area contributed by atoms with Gasteiger partial charge in [0.1, 0.15) is 17.4 Å². The van der Waals surface area contributed by atoms with Crippen molar-refractivity contribution in [3.05, 3.63) is 40.2 Å². The van der Waals surface area contributed by atoms with Crippen LogP contribution in [0.4, 0.5) is 0 Å². The number of esters is 1. The maximum absolute atomic E-state index is 13.1. The van der Waals surface area contributed by atoms with Crippen molar-refractivity contribution >= 4 is 11.8 Å². The van der Waals surface area contributed by atoms with E-state index in [9.17, 15) is 14.9 Å². The molecule has 0 fully saturated rings. The molecule has 2 heterocycles. The molecule has 0 unspecified atom stereocenters. The highest BCUT2D eigenvalue weighted by molar-refractivity contribution is 6.00. The molecule has 1 aromatic heterocycles. The van der Waals surface area contributed by atoms with Gasteiger partial charge in [-0.3, -0.25) is 9.48 Å². The van der Waals surface area contributed by atoms with Gasteiger partial charge in [0, 0.05) is 25.0 Å². The molecule has 0 spiro atoms. The van der Waals surface area contributed by atoms with Gasteiger partial charge in [-0.05, 0) is 17.4 Å². The first kappa shape index (κ1) is 20.6. The molecule has 0 bridgehead atoms. The average molecular weight is 398 g/mol. The molecule has 1 aromatic rings. The van der Waals surface area contributed by atoms with Crippen LogP contribution in [0.25, 0.3) is 0 Å². The van der Waals surface area contributed by atoms with E-state index in [4.69, 9.17) is 15.2 Å². The van der Waals surface area contributed by atoms with Crippen molar-refractivity contribution in [2.45, 2.75) is 53.0 Å². The van der Waals surface area contributed by atoms with Gasteiger partial charge < -0.3 is 15.2 Å².